The normalized spacial score (nSPS) is 10.9. The Morgan fingerprint density at radius 3 is 1.62 bits per heavy atom. The van der Waals surface area contributed by atoms with Gasteiger partial charge in [-0.25, -0.2) is 18.1 Å². The van der Waals surface area contributed by atoms with Crippen molar-refractivity contribution in [2.45, 2.75) is 27.7 Å². The Balaban J connectivity index is 0.000000158. The third kappa shape index (κ3) is 5.31. The van der Waals surface area contributed by atoms with Crippen molar-refractivity contribution in [3.8, 4) is 23.0 Å². The second kappa shape index (κ2) is 11.0. The van der Waals surface area contributed by atoms with Crippen LogP contribution in [0.3, 0.4) is 0 Å². The van der Waals surface area contributed by atoms with E-state index in [9.17, 15) is 8.78 Å². The fourth-order valence-electron chi connectivity index (χ4n) is 4.51. The van der Waals surface area contributed by atoms with Gasteiger partial charge in [0.1, 0.15) is 26.7 Å². The van der Waals surface area contributed by atoms with Crippen LogP contribution in [0.4, 0.5) is 8.78 Å². The predicted octanol–water partition coefficient (Wildman–Crippen LogP) is 7.44. The van der Waals surface area contributed by atoms with Gasteiger partial charge in [-0.2, -0.15) is 0 Å². The molecule has 39 heavy (non-hydrogen) atoms. The molecule has 4 aromatic heterocycles. The highest BCUT2D eigenvalue weighted by molar-refractivity contribution is 14.1. The summed E-state index contributed by atoms with van der Waals surface area (Å²) in [5.74, 6) is 1.04. The van der Waals surface area contributed by atoms with Gasteiger partial charge in [0, 0.05) is 41.1 Å². The van der Waals surface area contributed by atoms with E-state index >= 15 is 0 Å². The molecule has 6 nitrogen and oxygen atoms in total. The SMILES string of the molecule is Cc1ccc(C)n1-c1cc(I)n(-c2ccccc2F)n1.Cc1ccc(C)n1-c1ccn(-c2ccccc2F)n1. The molecule has 6 aromatic rings. The second-order valence-electron chi connectivity index (χ2n) is 9.16. The van der Waals surface area contributed by atoms with Gasteiger partial charge in [-0.15, -0.1) is 10.2 Å². The van der Waals surface area contributed by atoms with Crippen LogP contribution < -0.4 is 0 Å². The third-order valence-corrected chi connectivity index (χ3v) is 7.18. The molecule has 0 bridgehead atoms. The fourth-order valence-corrected chi connectivity index (χ4v) is 5.16. The smallest absolute Gasteiger partial charge is 0.160 e. The van der Waals surface area contributed by atoms with Crippen molar-refractivity contribution < 1.29 is 8.78 Å². The summed E-state index contributed by atoms with van der Waals surface area (Å²) >= 11 is 2.17. The number of rotatable bonds is 4. The topological polar surface area (TPSA) is 45.5 Å². The number of hydrogen-bond donors (Lipinski definition) is 0. The molecule has 0 aliphatic heterocycles. The van der Waals surface area contributed by atoms with Gasteiger partial charge in [-0.05, 0) is 98.8 Å². The highest BCUT2D eigenvalue weighted by atomic mass is 127. The maximum atomic E-state index is 13.9. The lowest BCUT2D eigenvalue weighted by Gasteiger charge is -2.06. The molecular formula is C30H27F2IN6. The first-order valence-corrected chi connectivity index (χ1v) is 13.4. The largest absolute Gasteiger partial charge is 0.302 e. The Morgan fingerprint density at radius 2 is 1.08 bits per heavy atom. The van der Waals surface area contributed by atoms with E-state index in [2.05, 4.69) is 37.4 Å². The van der Waals surface area contributed by atoms with Crippen molar-refractivity contribution in [3.05, 3.63) is 129 Å². The molecule has 9 heteroatoms. The molecule has 0 saturated carbocycles. The fraction of sp³-hybridized carbons (Fsp3) is 0.133. The summed E-state index contributed by atoms with van der Waals surface area (Å²) in [5, 5.41) is 8.98. The number of aromatic nitrogens is 6. The summed E-state index contributed by atoms with van der Waals surface area (Å²) in [6.07, 6.45) is 1.77. The van der Waals surface area contributed by atoms with Gasteiger partial charge in [0.05, 0.1) is 0 Å². The van der Waals surface area contributed by atoms with Gasteiger partial charge < -0.3 is 9.13 Å². The van der Waals surface area contributed by atoms with Crippen LogP contribution in [0.5, 0.6) is 0 Å². The number of aryl methyl sites for hydroxylation is 4. The molecule has 0 radical (unpaired) electrons. The summed E-state index contributed by atoms with van der Waals surface area (Å²) < 4.78 is 35.8. The Bertz CT molecular complexity index is 1720. The van der Waals surface area contributed by atoms with Gasteiger partial charge in [-0.1, -0.05) is 24.3 Å². The van der Waals surface area contributed by atoms with Gasteiger partial charge in [0.15, 0.2) is 11.6 Å². The predicted molar refractivity (Wildman–Crippen MR) is 157 cm³/mol. The Morgan fingerprint density at radius 1 is 0.590 bits per heavy atom. The minimum atomic E-state index is -0.280. The average Bonchev–Trinajstić information content (AvgIpc) is 3.68. The van der Waals surface area contributed by atoms with Crippen molar-refractivity contribution in [2.24, 2.45) is 0 Å². The molecule has 0 amide bonds. The number of para-hydroxylation sites is 2. The van der Waals surface area contributed by atoms with Gasteiger partial charge in [0.2, 0.25) is 0 Å². The average molecular weight is 636 g/mol. The molecule has 4 heterocycles. The number of nitrogens with zero attached hydrogens (tertiary/aromatic N) is 6. The number of hydrogen-bond acceptors (Lipinski definition) is 2. The second-order valence-corrected chi connectivity index (χ2v) is 10.3. The molecule has 0 fully saturated rings. The summed E-state index contributed by atoms with van der Waals surface area (Å²) in [5.41, 5.74) is 5.35. The molecular weight excluding hydrogens is 609 g/mol. The standard InChI is InChI=1S/C15H13FIN3.C15H14FN3/c1-10-7-8-11(2)19(10)15-9-14(17)20(18-15)13-6-4-3-5-12(13)16;1-11-7-8-12(2)19(11)15-9-10-18(17-15)14-6-4-3-5-13(14)16/h3-9H,1-2H3;3-10H,1-2H3. The van der Waals surface area contributed by atoms with E-state index in [1.54, 1.807) is 45.9 Å². The molecule has 0 spiro atoms. The van der Waals surface area contributed by atoms with Gasteiger partial charge >= 0.3 is 0 Å². The van der Waals surface area contributed by atoms with E-state index in [0.29, 0.717) is 11.4 Å². The van der Waals surface area contributed by atoms with Crippen LogP contribution >= 0.6 is 22.6 Å². The van der Waals surface area contributed by atoms with Gasteiger partial charge in [-0.3, -0.25) is 0 Å². The van der Waals surface area contributed by atoms with E-state index in [1.165, 1.54) is 12.1 Å². The van der Waals surface area contributed by atoms with Crippen molar-refractivity contribution in [1.29, 1.82) is 0 Å². The van der Waals surface area contributed by atoms with E-state index in [-0.39, 0.29) is 11.6 Å². The molecule has 0 saturated heterocycles. The minimum absolute atomic E-state index is 0.277. The molecule has 2 aromatic carbocycles. The number of halogens is 3. The van der Waals surface area contributed by atoms with Crippen LogP contribution in [-0.2, 0) is 0 Å². The number of benzene rings is 2. The molecule has 0 atom stereocenters. The Hall–Kier alpha value is -3.99. The zero-order valence-corrected chi connectivity index (χ0v) is 24.1. The van der Waals surface area contributed by atoms with Crippen molar-refractivity contribution in [3.63, 3.8) is 0 Å². The first kappa shape index (κ1) is 26.6. The molecule has 0 aliphatic carbocycles. The summed E-state index contributed by atoms with van der Waals surface area (Å²) in [6.45, 7) is 8.11. The summed E-state index contributed by atoms with van der Waals surface area (Å²) in [4.78, 5) is 0. The highest BCUT2D eigenvalue weighted by Gasteiger charge is 2.14. The van der Waals surface area contributed by atoms with E-state index in [1.807, 2.05) is 74.7 Å². The third-order valence-electron chi connectivity index (χ3n) is 6.41. The Labute approximate surface area is 239 Å². The highest BCUT2D eigenvalue weighted by Crippen LogP contribution is 2.22. The van der Waals surface area contributed by atoms with Gasteiger partial charge in [0.25, 0.3) is 0 Å². The molecule has 0 aliphatic rings. The lowest BCUT2D eigenvalue weighted by atomic mass is 10.3. The van der Waals surface area contributed by atoms with Crippen LogP contribution in [0.2, 0.25) is 0 Å². The zero-order chi connectivity index (χ0) is 27.7. The van der Waals surface area contributed by atoms with Crippen molar-refractivity contribution >= 4 is 22.6 Å². The lowest BCUT2D eigenvalue weighted by molar-refractivity contribution is 0.608. The molecule has 198 valence electrons. The molecule has 0 N–H and O–H groups in total. The maximum Gasteiger partial charge on any atom is 0.160 e. The Kier molecular flexibility index (Phi) is 7.51. The minimum Gasteiger partial charge on any atom is -0.302 e. The zero-order valence-electron chi connectivity index (χ0n) is 22.0. The van der Waals surface area contributed by atoms with E-state index in [4.69, 9.17) is 0 Å². The van der Waals surface area contributed by atoms with Crippen LogP contribution in [0.1, 0.15) is 22.8 Å². The van der Waals surface area contributed by atoms with Crippen molar-refractivity contribution in [2.75, 3.05) is 0 Å². The van der Waals surface area contributed by atoms with Crippen LogP contribution in [-0.4, -0.2) is 28.7 Å². The monoisotopic (exact) mass is 636 g/mol. The first-order valence-electron chi connectivity index (χ1n) is 12.4. The first-order chi connectivity index (χ1) is 18.7. The van der Waals surface area contributed by atoms with Crippen LogP contribution in [0, 0.1) is 43.0 Å². The maximum absolute atomic E-state index is 13.9. The molecule has 6 rings (SSSR count). The quantitative estimate of drug-likeness (QED) is 0.189. The summed E-state index contributed by atoms with van der Waals surface area (Å²) in [6, 6.07) is 25.3. The summed E-state index contributed by atoms with van der Waals surface area (Å²) in [7, 11) is 0. The van der Waals surface area contributed by atoms with E-state index in [0.717, 1.165) is 38.1 Å². The molecule has 0 unspecified atom stereocenters. The van der Waals surface area contributed by atoms with Crippen LogP contribution in [0.25, 0.3) is 23.0 Å². The van der Waals surface area contributed by atoms with E-state index < -0.39 is 0 Å². The van der Waals surface area contributed by atoms with Crippen LogP contribution in [0.15, 0.2) is 91.1 Å². The lowest BCUT2D eigenvalue weighted by Crippen LogP contribution is -2.04. The van der Waals surface area contributed by atoms with Crippen molar-refractivity contribution in [1.82, 2.24) is 28.7 Å².